The number of benzene rings is 1. The first-order chi connectivity index (χ1) is 7.25. The van der Waals surface area contributed by atoms with Gasteiger partial charge < -0.3 is 5.32 Å². The highest BCUT2D eigenvalue weighted by Gasteiger charge is 2.26. The number of halogens is 1. The molecule has 0 heterocycles. The topological polar surface area (TPSA) is 12.0 Å². The first-order valence-electron chi connectivity index (χ1n) is 5.73. The highest BCUT2D eigenvalue weighted by Crippen LogP contribution is 2.32. The normalized spacial score (nSPS) is 17.7. The monoisotopic (exact) mass is 267 g/mol. The standard InChI is InChI=1S/C13H18BrN/c1-10(12-4-5-12)15-9-8-11-2-6-13(14)7-3-11/h2-3,6-7,10,12,15H,4-5,8-9H2,1H3. The van der Waals surface area contributed by atoms with Crippen LogP contribution in [-0.4, -0.2) is 12.6 Å². The van der Waals surface area contributed by atoms with Gasteiger partial charge in [0.2, 0.25) is 0 Å². The lowest BCUT2D eigenvalue weighted by Crippen LogP contribution is -2.29. The van der Waals surface area contributed by atoms with Crippen molar-refractivity contribution in [2.24, 2.45) is 5.92 Å². The predicted molar refractivity (Wildman–Crippen MR) is 68.0 cm³/mol. The van der Waals surface area contributed by atoms with Gasteiger partial charge >= 0.3 is 0 Å². The Hall–Kier alpha value is -0.340. The van der Waals surface area contributed by atoms with Gasteiger partial charge in [-0.25, -0.2) is 0 Å². The van der Waals surface area contributed by atoms with Gasteiger partial charge in [-0.2, -0.15) is 0 Å². The van der Waals surface area contributed by atoms with Crippen LogP contribution in [0.5, 0.6) is 0 Å². The van der Waals surface area contributed by atoms with Crippen molar-refractivity contribution in [3.63, 3.8) is 0 Å². The van der Waals surface area contributed by atoms with Crippen LogP contribution in [0.4, 0.5) is 0 Å². The van der Waals surface area contributed by atoms with E-state index in [1.165, 1.54) is 18.4 Å². The van der Waals surface area contributed by atoms with Crippen LogP contribution in [0.3, 0.4) is 0 Å². The summed E-state index contributed by atoms with van der Waals surface area (Å²) in [5.41, 5.74) is 1.41. The van der Waals surface area contributed by atoms with E-state index in [0.29, 0.717) is 6.04 Å². The van der Waals surface area contributed by atoms with E-state index in [2.05, 4.69) is 52.4 Å². The van der Waals surface area contributed by atoms with Crippen molar-refractivity contribution in [2.45, 2.75) is 32.2 Å². The third-order valence-electron chi connectivity index (χ3n) is 3.12. The number of hydrogen-bond acceptors (Lipinski definition) is 1. The second-order valence-corrected chi connectivity index (χ2v) is 5.37. The molecule has 1 saturated carbocycles. The summed E-state index contributed by atoms with van der Waals surface area (Å²) in [5, 5.41) is 3.60. The van der Waals surface area contributed by atoms with Crippen LogP contribution < -0.4 is 5.32 Å². The minimum atomic E-state index is 0.709. The Morgan fingerprint density at radius 3 is 2.60 bits per heavy atom. The van der Waals surface area contributed by atoms with Crippen molar-refractivity contribution in [2.75, 3.05) is 6.54 Å². The molecule has 15 heavy (non-hydrogen) atoms. The summed E-state index contributed by atoms with van der Waals surface area (Å²) in [6, 6.07) is 9.31. The molecule has 1 atom stereocenters. The van der Waals surface area contributed by atoms with E-state index in [1.807, 2.05) is 0 Å². The summed E-state index contributed by atoms with van der Waals surface area (Å²) in [6.07, 6.45) is 3.98. The molecule has 1 fully saturated rings. The van der Waals surface area contributed by atoms with Gasteiger partial charge in [-0.1, -0.05) is 28.1 Å². The smallest absolute Gasteiger partial charge is 0.0175 e. The number of nitrogens with one attached hydrogen (secondary N) is 1. The third kappa shape index (κ3) is 3.62. The van der Waals surface area contributed by atoms with Crippen molar-refractivity contribution in [1.82, 2.24) is 5.32 Å². The summed E-state index contributed by atoms with van der Waals surface area (Å²) in [5.74, 6) is 0.954. The average Bonchev–Trinajstić information content (AvgIpc) is 3.04. The first kappa shape index (κ1) is 11.2. The van der Waals surface area contributed by atoms with Crippen LogP contribution >= 0.6 is 15.9 Å². The fourth-order valence-electron chi connectivity index (χ4n) is 1.86. The largest absolute Gasteiger partial charge is 0.314 e. The second kappa shape index (κ2) is 5.13. The second-order valence-electron chi connectivity index (χ2n) is 4.46. The Balaban J connectivity index is 1.70. The molecule has 0 bridgehead atoms. The molecule has 1 aliphatic carbocycles. The molecule has 0 aromatic heterocycles. The summed E-state index contributed by atoms with van der Waals surface area (Å²) >= 11 is 3.45. The van der Waals surface area contributed by atoms with E-state index in [0.717, 1.165) is 23.4 Å². The van der Waals surface area contributed by atoms with E-state index in [4.69, 9.17) is 0 Å². The molecule has 1 aromatic rings. The fraction of sp³-hybridized carbons (Fsp3) is 0.538. The van der Waals surface area contributed by atoms with Gasteiger partial charge in [0.05, 0.1) is 0 Å². The van der Waals surface area contributed by atoms with E-state index >= 15 is 0 Å². The van der Waals surface area contributed by atoms with Crippen LogP contribution in [0.15, 0.2) is 28.7 Å². The Bertz CT molecular complexity index is 303. The molecule has 1 unspecified atom stereocenters. The molecule has 0 amide bonds. The Labute approximate surface area is 100 Å². The van der Waals surface area contributed by atoms with E-state index < -0.39 is 0 Å². The maximum Gasteiger partial charge on any atom is 0.0175 e. The van der Waals surface area contributed by atoms with Crippen molar-refractivity contribution < 1.29 is 0 Å². The molecule has 1 aliphatic rings. The number of rotatable bonds is 5. The zero-order chi connectivity index (χ0) is 10.7. The molecular weight excluding hydrogens is 250 g/mol. The summed E-state index contributed by atoms with van der Waals surface area (Å²) in [7, 11) is 0. The lowest BCUT2D eigenvalue weighted by Gasteiger charge is -2.12. The molecule has 1 N–H and O–H groups in total. The van der Waals surface area contributed by atoms with Crippen molar-refractivity contribution >= 4 is 15.9 Å². The molecular formula is C13H18BrN. The minimum absolute atomic E-state index is 0.709. The molecule has 0 radical (unpaired) electrons. The van der Waals surface area contributed by atoms with Gasteiger partial charge in [-0.15, -0.1) is 0 Å². The average molecular weight is 268 g/mol. The molecule has 2 heteroatoms. The molecule has 1 nitrogen and oxygen atoms in total. The quantitative estimate of drug-likeness (QED) is 0.863. The Morgan fingerprint density at radius 1 is 1.33 bits per heavy atom. The maximum atomic E-state index is 3.60. The lowest BCUT2D eigenvalue weighted by molar-refractivity contribution is 0.500. The lowest BCUT2D eigenvalue weighted by atomic mass is 10.1. The van der Waals surface area contributed by atoms with Gasteiger partial charge in [-0.05, 0) is 56.3 Å². The first-order valence-corrected chi connectivity index (χ1v) is 6.53. The van der Waals surface area contributed by atoms with Crippen LogP contribution in [0, 0.1) is 5.92 Å². The fourth-order valence-corrected chi connectivity index (χ4v) is 2.12. The molecule has 82 valence electrons. The summed E-state index contributed by atoms with van der Waals surface area (Å²) < 4.78 is 1.16. The predicted octanol–water partition coefficient (Wildman–Crippen LogP) is 3.38. The van der Waals surface area contributed by atoms with Crippen molar-refractivity contribution in [3.05, 3.63) is 34.3 Å². The highest BCUT2D eigenvalue weighted by atomic mass is 79.9. The summed E-state index contributed by atoms with van der Waals surface area (Å²) in [4.78, 5) is 0. The van der Waals surface area contributed by atoms with Crippen LogP contribution in [0.2, 0.25) is 0 Å². The highest BCUT2D eigenvalue weighted by molar-refractivity contribution is 9.10. The van der Waals surface area contributed by atoms with Crippen LogP contribution in [0.25, 0.3) is 0 Å². The molecule has 0 aliphatic heterocycles. The van der Waals surface area contributed by atoms with E-state index in [1.54, 1.807) is 0 Å². The molecule has 2 rings (SSSR count). The van der Waals surface area contributed by atoms with Gasteiger partial charge in [0, 0.05) is 10.5 Å². The van der Waals surface area contributed by atoms with Crippen LogP contribution in [0.1, 0.15) is 25.3 Å². The maximum absolute atomic E-state index is 3.60. The molecule has 0 saturated heterocycles. The van der Waals surface area contributed by atoms with Crippen LogP contribution in [-0.2, 0) is 6.42 Å². The third-order valence-corrected chi connectivity index (χ3v) is 3.65. The molecule has 1 aromatic carbocycles. The van der Waals surface area contributed by atoms with Crippen molar-refractivity contribution in [3.8, 4) is 0 Å². The Morgan fingerprint density at radius 2 is 2.00 bits per heavy atom. The van der Waals surface area contributed by atoms with Gasteiger partial charge in [0.1, 0.15) is 0 Å². The van der Waals surface area contributed by atoms with E-state index in [9.17, 15) is 0 Å². The van der Waals surface area contributed by atoms with Gasteiger partial charge in [-0.3, -0.25) is 0 Å². The zero-order valence-corrected chi connectivity index (χ0v) is 10.8. The molecule has 0 spiro atoms. The zero-order valence-electron chi connectivity index (χ0n) is 9.17. The minimum Gasteiger partial charge on any atom is -0.314 e. The van der Waals surface area contributed by atoms with Gasteiger partial charge in [0.25, 0.3) is 0 Å². The van der Waals surface area contributed by atoms with Crippen molar-refractivity contribution in [1.29, 1.82) is 0 Å². The summed E-state index contributed by atoms with van der Waals surface area (Å²) in [6.45, 7) is 3.40. The number of hydrogen-bond donors (Lipinski definition) is 1. The van der Waals surface area contributed by atoms with Gasteiger partial charge in [0.15, 0.2) is 0 Å². The van der Waals surface area contributed by atoms with E-state index in [-0.39, 0.29) is 0 Å². The Kier molecular flexibility index (Phi) is 3.81. The SMILES string of the molecule is CC(NCCc1ccc(Br)cc1)C1CC1.